The Bertz CT molecular complexity index is 907. The van der Waals surface area contributed by atoms with Gasteiger partial charge in [-0.25, -0.2) is 0 Å². The molecule has 0 atom stereocenters. The molecule has 25 heavy (non-hydrogen) atoms. The second-order valence-corrected chi connectivity index (χ2v) is 7.22. The average molecular weight is 356 g/mol. The van der Waals surface area contributed by atoms with Crippen molar-refractivity contribution in [3.05, 3.63) is 58.3 Å². The highest BCUT2D eigenvalue weighted by Gasteiger charge is 2.43. The van der Waals surface area contributed by atoms with E-state index in [1.165, 1.54) is 6.92 Å². The normalized spacial score (nSPS) is 19.4. The molecular weight excluding hydrogens is 338 g/mol. The Hall–Kier alpha value is -2.30. The Morgan fingerprint density at radius 1 is 1.20 bits per heavy atom. The van der Waals surface area contributed by atoms with Gasteiger partial charge in [-0.1, -0.05) is 35.9 Å². The van der Waals surface area contributed by atoms with Crippen LogP contribution in [-0.2, 0) is 10.2 Å². The maximum atomic E-state index is 12.0. The smallest absolute Gasteiger partial charge is 0.259 e. The van der Waals surface area contributed by atoms with Crippen LogP contribution < -0.4 is 5.32 Å². The second kappa shape index (κ2) is 5.61. The fraction of sp³-hybridized carbons (Fsp3) is 0.250. The molecule has 2 aromatic rings. The zero-order valence-electron chi connectivity index (χ0n) is 13.8. The Kier molecular flexibility index (Phi) is 3.63. The van der Waals surface area contributed by atoms with Crippen LogP contribution in [0.25, 0.3) is 16.7 Å². The van der Waals surface area contributed by atoms with Crippen LogP contribution in [0.3, 0.4) is 0 Å². The minimum atomic E-state index is -0.322. The van der Waals surface area contributed by atoms with Crippen molar-refractivity contribution in [2.45, 2.75) is 25.2 Å². The van der Waals surface area contributed by atoms with E-state index in [0.717, 1.165) is 29.5 Å². The molecule has 0 saturated heterocycles. The molecule has 5 heteroatoms. The lowest BCUT2D eigenvalue weighted by Gasteiger charge is -2.14. The van der Waals surface area contributed by atoms with Gasteiger partial charge in [0.05, 0.1) is 22.9 Å². The molecule has 1 fully saturated rings. The van der Waals surface area contributed by atoms with E-state index in [9.17, 15) is 15.0 Å². The molecule has 1 amide bonds. The standard InChI is InChI=1S/C20H18ClNO3/c1-11(24)18-15-8-14(16(21)9-17(15)22-19(18)25)12-2-4-13(5-3-12)20(10-23)6-7-20/h2-5,8-9,23-24H,6-7,10H2,1H3,(H,22,25)/b18-11+. The van der Waals surface area contributed by atoms with E-state index in [2.05, 4.69) is 5.32 Å². The summed E-state index contributed by atoms with van der Waals surface area (Å²) in [5, 5.41) is 22.6. The molecule has 3 N–H and O–H groups in total. The molecule has 0 unspecified atom stereocenters. The van der Waals surface area contributed by atoms with Crippen LogP contribution in [0.2, 0.25) is 5.02 Å². The Labute approximate surface area is 150 Å². The highest BCUT2D eigenvalue weighted by molar-refractivity contribution is 6.36. The molecule has 4 rings (SSSR count). The first-order valence-electron chi connectivity index (χ1n) is 8.22. The van der Waals surface area contributed by atoms with Gasteiger partial charge in [0.25, 0.3) is 5.91 Å². The third kappa shape index (κ3) is 2.53. The number of aliphatic hydroxyl groups excluding tert-OH is 2. The van der Waals surface area contributed by atoms with Crippen molar-refractivity contribution < 1.29 is 15.0 Å². The topological polar surface area (TPSA) is 69.6 Å². The maximum Gasteiger partial charge on any atom is 0.259 e. The molecule has 0 spiro atoms. The molecule has 128 valence electrons. The number of aliphatic hydroxyl groups is 2. The van der Waals surface area contributed by atoms with Crippen LogP contribution >= 0.6 is 11.6 Å². The fourth-order valence-electron chi connectivity index (χ4n) is 3.46. The van der Waals surface area contributed by atoms with Gasteiger partial charge in [-0.2, -0.15) is 0 Å². The molecule has 2 aromatic carbocycles. The first-order valence-corrected chi connectivity index (χ1v) is 8.60. The van der Waals surface area contributed by atoms with E-state index in [1.54, 1.807) is 6.07 Å². The predicted octanol–water partition coefficient (Wildman–Crippen LogP) is 4.27. The number of allylic oxidation sites excluding steroid dienone is 1. The monoisotopic (exact) mass is 355 g/mol. The summed E-state index contributed by atoms with van der Waals surface area (Å²) in [6.45, 7) is 1.67. The van der Waals surface area contributed by atoms with Gasteiger partial charge in [0.15, 0.2) is 0 Å². The zero-order valence-corrected chi connectivity index (χ0v) is 14.5. The summed E-state index contributed by atoms with van der Waals surface area (Å²) < 4.78 is 0. The maximum absolute atomic E-state index is 12.0. The average Bonchev–Trinajstić information content (AvgIpc) is 3.31. The van der Waals surface area contributed by atoms with Gasteiger partial charge in [0.1, 0.15) is 5.76 Å². The van der Waals surface area contributed by atoms with Crippen molar-refractivity contribution in [2.24, 2.45) is 0 Å². The van der Waals surface area contributed by atoms with Crippen molar-refractivity contribution in [3.8, 4) is 11.1 Å². The number of halogens is 1. The summed E-state index contributed by atoms with van der Waals surface area (Å²) in [5.74, 6) is -0.337. The summed E-state index contributed by atoms with van der Waals surface area (Å²) in [7, 11) is 0. The quantitative estimate of drug-likeness (QED) is 0.568. The van der Waals surface area contributed by atoms with E-state index in [1.807, 2.05) is 30.3 Å². The molecule has 1 aliphatic carbocycles. The third-order valence-electron chi connectivity index (χ3n) is 5.18. The Balaban J connectivity index is 1.77. The van der Waals surface area contributed by atoms with E-state index in [0.29, 0.717) is 16.3 Å². The van der Waals surface area contributed by atoms with E-state index in [-0.39, 0.29) is 29.3 Å². The molecular formula is C20H18ClNO3. The molecule has 1 aliphatic heterocycles. The fourth-order valence-corrected chi connectivity index (χ4v) is 3.74. The number of carbonyl (C=O) groups is 1. The van der Waals surface area contributed by atoms with Gasteiger partial charge in [-0.3, -0.25) is 4.79 Å². The predicted molar refractivity (Wildman–Crippen MR) is 98.7 cm³/mol. The Morgan fingerprint density at radius 3 is 2.44 bits per heavy atom. The van der Waals surface area contributed by atoms with Gasteiger partial charge in [-0.05, 0) is 43.0 Å². The van der Waals surface area contributed by atoms with Gasteiger partial charge in [0.2, 0.25) is 0 Å². The van der Waals surface area contributed by atoms with Crippen molar-refractivity contribution >= 4 is 28.8 Å². The first-order chi connectivity index (χ1) is 11.9. The summed E-state index contributed by atoms with van der Waals surface area (Å²) in [6, 6.07) is 11.6. The molecule has 0 aromatic heterocycles. The van der Waals surface area contributed by atoms with Crippen molar-refractivity contribution in [1.29, 1.82) is 0 Å². The number of hydrogen-bond acceptors (Lipinski definition) is 3. The molecule has 0 bridgehead atoms. The Morgan fingerprint density at radius 2 is 1.88 bits per heavy atom. The first kappa shape index (κ1) is 16.2. The second-order valence-electron chi connectivity index (χ2n) is 6.81. The minimum Gasteiger partial charge on any atom is -0.512 e. The van der Waals surface area contributed by atoms with E-state index >= 15 is 0 Å². The number of anilines is 1. The van der Waals surface area contributed by atoms with Crippen LogP contribution in [0.15, 0.2) is 42.2 Å². The molecule has 1 heterocycles. The van der Waals surface area contributed by atoms with Gasteiger partial charge in [-0.15, -0.1) is 0 Å². The number of hydrogen-bond donors (Lipinski definition) is 3. The largest absolute Gasteiger partial charge is 0.512 e. The number of rotatable bonds is 3. The lowest BCUT2D eigenvalue weighted by atomic mass is 9.93. The number of amides is 1. The molecule has 4 nitrogen and oxygen atoms in total. The van der Waals surface area contributed by atoms with Crippen LogP contribution in [0.1, 0.15) is 30.9 Å². The number of nitrogens with one attached hydrogen (secondary N) is 1. The zero-order chi connectivity index (χ0) is 17.8. The third-order valence-corrected chi connectivity index (χ3v) is 5.49. The van der Waals surface area contributed by atoms with Gasteiger partial charge >= 0.3 is 0 Å². The highest BCUT2D eigenvalue weighted by Crippen LogP contribution is 2.48. The minimum absolute atomic E-state index is 0.0153. The van der Waals surface area contributed by atoms with Crippen LogP contribution in [0.4, 0.5) is 5.69 Å². The molecule has 1 saturated carbocycles. The van der Waals surface area contributed by atoms with Crippen LogP contribution in [0, 0.1) is 0 Å². The van der Waals surface area contributed by atoms with Crippen molar-refractivity contribution in [3.63, 3.8) is 0 Å². The lowest BCUT2D eigenvalue weighted by molar-refractivity contribution is -0.110. The summed E-state index contributed by atoms with van der Waals surface area (Å²) in [4.78, 5) is 12.0. The van der Waals surface area contributed by atoms with E-state index in [4.69, 9.17) is 11.6 Å². The number of carbonyl (C=O) groups excluding carboxylic acids is 1. The lowest BCUT2D eigenvalue weighted by Crippen LogP contribution is -2.11. The van der Waals surface area contributed by atoms with Crippen LogP contribution in [0.5, 0.6) is 0 Å². The summed E-state index contributed by atoms with van der Waals surface area (Å²) in [5.41, 5.74) is 4.34. The molecule has 0 radical (unpaired) electrons. The number of benzene rings is 2. The summed E-state index contributed by atoms with van der Waals surface area (Å²) >= 11 is 6.42. The SMILES string of the molecule is C/C(O)=C1\C(=O)Nc2cc(Cl)c(-c3ccc(C4(CO)CC4)cc3)cc21. The van der Waals surface area contributed by atoms with Crippen molar-refractivity contribution in [1.82, 2.24) is 0 Å². The van der Waals surface area contributed by atoms with Crippen LogP contribution in [-0.4, -0.2) is 22.7 Å². The van der Waals surface area contributed by atoms with Crippen molar-refractivity contribution in [2.75, 3.05) is 11.9 Å². The van der Waals surface area contributed by atoms with E-state index < -0.39 is 0 Å². The van der Waals surface area contributed by atoms with Gasteiger partial charge < -0.3 is 15.5 Å². The van der Waals surface area contributed by atoms with Gasteiger partial charge in [0, 0.05) is 16.5 Å². The molecule has 2 aliphatic rings. The highest BCUT2D eigenvalue weighted by atomic mass is 35.5. The summed E-state index contributed by atoms with van der Waals surface area (Å²) in [6.07, 6.45) is 2.03. The number of fused-ring (bicyclic) bond motifs is 1.